The Labute approximate surface area is 187 Å². The van der Waals surface area contributed by atoms with Crippen LogP contribution in [0.15, 0.2) is 18.2 Å². The zero-order chi connectivity index (χ0) is 23.0. The highest BCUT2D eigenvalue weighted by Crippen LogP contribution is 2.29. The third-order valence-corrected chi connectivity index (χ3v) is 5.96. The zero-order valence-electron chi connectivity index (χ0n) is 20.1. The van der Waals surface area contributed by atoms with E-state index in [4.69, 9.17) is 9.47 Å². The van der Waals surface area contributed by atoms with Crippen molar-refractivity contribution in [2.45, 2.75) is 58.3 Å². The summed E-state index contributed by atoms with van der Waals surface area (Å²) in [6, 6.07) is 5.44. The number of likely N-dealkylation sites (N-methyl/N-ethyl adjacent to an activating group) is 1. The molecule has 0 unspecified atom stereocenters. The normalized spacial score (nSPS) is 24.7. The van der Waals surface area contributed by atoms with Crippen LogP contribution in [-0.4, -0.2) is 81.6 Å². The van der Waals surface area contributed by atoms with Gasteiger partial charge in [-0.25, -0.2) is 0 Å². The molecule has 0 bridgehead atoms. The lowest BCUT2D eigenvalue weighted by Crippen LogP contribution is -2.47. The van der Waals surface area contributed by atoms with E-state index >= 15 is 0 Å². The third-order valence-electron chi connectivity index (χ3n) is 5.96. The van der Waals surface area contributed by atoms with Gasteiger partial charge < -0.3 is 29.7 Å². The number of hydrogen-bond donors (Lipinski definition) is 2. The van der Waals surface area contributed by atoms with Gasteiger partial charge >= 0.3 is 0 Å². The Morgan fingerprint density at radius 2 is 2.03 bits per heavy atom. The van der Waals surface area contributed by atoms with Gasteiger partial charge in [0.25, 0.3) is 5.91 Å². The molecule has 1 aliphatic rings. The molecule has 7 nitrogen and oxygen atoms in total. The van der Waals surface area contributed by atoms with Gasteiger partial charge in [0, 0.05) is 45.4 Å². The fourth-order valence-corrected chi connectivity index (χ4v) is 3.88. The first-order chi connectivity index (χ1) is 14.8. The molecule has 0 aliphatic carbocycles. The lowest BCUT2D eigenvalue weighted by molar-refractivity contribution is -0.000449. The molecule has 1 aliphatic heterocycles. The van der Waals surface area contributed by atoms with Crippen molar-refractivity contribution in [3.05, 3.63) is 23.8 Å². The smallest absolute Gasteiger partial charge is 0.258 e. The molecule has 2 N–H and O–H groups in total. The highest BCUT2D eigenvalue weighted by atomic mass is 16.5. The first-order valence-electron chi connectivity index (χ1n) is 11.4. The fourth-order valence-electron chi connectivity index (χ4n) is 3.88. The van der Waals surface area contributed by atoms with Crippen LogP contribution in [0.5, 0.6) is 5.75 Å². The van der Waals surface area contributed by atoms with Crippen LogP contribution < -0.4 is 15.0 Å². The van der Waals surface area contributed by atoms with Gasteiger partial charge in [0.1, 0.15) is 5.75 Å². The molecule has 1 heterocycles. The molecule has 0 saturated carbocycles. The topological polar surface area (TPSA) is 74.3 Å². The molecule has 31 heavy (non-hydrogen) atoms. The van der Waals surface area contributed by atoms with Crippen LogP contribution in [-0.2, 0) is 4.74 Å². The number of nitrogens with one attached hydrogen (secondary N) is 1. The van der Waals surface area contributed by atoms with Crippen molar-refractivity contribution in [3.63, 3.8) is 0 Å². The van der Waals surface area contributed by atoms with Crippen LogP contribution in [0.4, 0.5) is 5.69 Å². The summed E-state index contributed by atoms with van der Waals surface area (Å²) in [5.74, 6) is 0.583. The van der Waals surface area contributed by atoms with E-state index < -0.39 is 0 Å². The quantitative estimate of drug-likeness (QED) is 0.741. The van der Waals surface area contributed by atoms with Gasteiger partial charge in [-0.15, -0.1) is 0 Å². The molecule has 0 radical (unpaired) electrons. The van der Waals surface area contributed by atoms with Crippen molar-refractivity contribution < 1.29 is 19.4 Å². The van der Waals surface area contributed by atoms with Crippen LogP contribution in [0.1, 0.15) is 50.4 Å². The minimum Gasteiger partial charge on any atom is -0.490 e. The maximum Gasteiger partial charge on any atom is 0.258 e. The number of anilines is 1. The molecule has 1 amide bonds. The zero-order valence-corrected chi connectivity index (χ0v) is 20.1. The second kappa shape index (κ2) is 12.3. The SMILES string of the molecule is CNC[C@H]1OCCCC[C@H](C)Oc2ccc(N(C)C)cc2C(=O)N([C@H](C)CO)C[C@H]1C. The Morgan fingerprint density at radius 1 is 1.29 bits per heavy atom. The highest BCUT2D eigenvalue weighted by molar-refractivity contribution is 5.98. The summed E-state index contributed by atoms with van der Waals surface area (Å²) in [6.07, 6.45) is 2.87. The van der Waals surface area contributed by atoms with E-state index in [0.29, 0.717) is 24.5 Å². The minimum absolute atomic E-state index is 0.00422. The Bertz CT molecular complexity index is 697. The number of hydrogen-bond acceptors (Lipinski definition) is 6. The van der Waals surface area contributed by atoms with E-state index in [2.05, 4.69) is 12.2 Å². The average Bonchev–Trinajstić information content (AvgIpc) is 2.74. The number of ether oxygens (including phenoxy) is 2. The second-order valence-electron chi connectivity index (χ2n) is 8.93. The van der Waals surface area contributed by atoms with Gasteiger partial charge in [-0.3, -0.25) is 4.79 Å². The lowest BCUT2D eigenvalue weighted by atomic mass is 10.0. The summed E-state index contributed by atoms with van der Waals surface area (Å²) in [4.78, 5) is 17.5. The maximum atomic E-state index is 13.8. The summed E-state index contributed by atoms with van der Waals surface area (Å²) in [5.41, 5.74) is 1.47. The number of fused-ring (bicyclic) bond motifs is 1. The Morgan fingerprint density at radius 3 is 2.68 bits per heavy atom. The molecule has 0 fully saturated rings. The lowest BCUT2D eigenvalue weighted by Gasteiger charge is -2.34. The predicted molar refractivity (Wildman–Crippen MR) is 125 cm³/mol. The number of aliphatic hydroxyl groups excluding tert-OH is 1. The van der Waals surface area contributed by atoms with Gasteiger partial charge in [-0.1, -0.05) is 6.92 Å². The molecule has 4 atom stereocenters. The Balaban J connectivity index is 2.47. The Hall–Kier alpha value is -1.83. The van der Waals surface area contributed by atoms with Crippen LogP contribution in [0.2, 0.25) is 0 Å². The summed E-state index contributed by atoms with van der Waals surface area (Å²) in [7, 11) is 5.82. The summed E-state index contributed by atoms with van der Waals surface area (Å²) < 4.78 is 12.4. The molecule has 7 heteroatoms. The van der Waals surface area contributed by atoms with Crippen molar-refractivity contribution in [1.82, 2.24) is 10.2 Å². The monoisotopic (exact) mass is 435 g/mol. The molecule has 0 saturated heterocycles. The maximum absolute atomic E-state index is 13.8. The second-order valence-corrected chi connectivity index (χ2v) is 8.93. The molecule has 0 aromatic heterocycles. The number of carbonyl (C=O) groups is 1. The average molecular weight is 436 g/mol. The number of benzene rings is 1. The van der Waals surface area contributed by atoms with Gasteiger partial charge in [-0.2, -0.15) is 0 Å². The predicted octanol–water partition coefficient (Wildman–Crippen LogP) is 2.77. The minimum atomic E-state index is -0.314. The molecule has 176 valence electrons. The van der Waals surface area contributed by atoms with Gasteiger partial charge in [0.2, 0.25) is 0 Å². The first-order valence-corrected chi connectivity index (χ1v) is 11.4. The van der Waals surface area contributed by atoms with Gasteiger partial charge in [-0.05, 0) is 58.4 Å². The number of rotatable bonds is 5. The molecular weight excluding hydrogens is 394 g/mol. The van der Waals surface area contributed by atoms with Crippen molar-refractivity contribution in [2.75, 3.05) is 52.3 Å². The van der Waals surface area contributed by atoms with Crippen LogP contribution in [0.25, 0.3) is 0 Å². The van der Waals surface area contributed by atoms with Gasteiger partial charge in [0.05, 0.1) is 30.4 Å². The van der Waals surface area contributed by atoms with Crippen molar-refractivity contribution in [1.29, 1.82) is 0 Å². The largest absolute Gasteiger partial charge is 0.490 e. The van der Waals surface area contributed by atoms with Crippen LogP contribution in [0.3, 0.4) is 0 Å². The molecule has 1 aromatic rings. The van der Waals surface area contributed by atoms with E-state index in [9.17, 15) is 9.90 Å². The van der Waals surface area contributed by atoms with E-state index in [-0.39, 0.29) is 36.7 Å². The summed E-state index contributed by atoms with van der Waals surface area (Å²) in [5, 5.41) is 13.1. The number of carbonyl (C=O) groups excluding carboxylic acids is 1. The van der Waals surface area contributed by atoms with E-state index in [1.165, 1.54) is 0 Å². The van der Waals surface area contributed by atoms with E-state index in [1.807, 2.05) is 58.1 Å². The van der Waals surface area contributed by atoms with Gasteiger partial charge in [0.15, 0.2) is 0 Å². The molecule has 0 spiro atoms. The first kappa shape index (κ1) is 25.4. The van der Waals surface area contributed by atoms with Crippen LogP contribution in [0, 0.1) is 5.92 Å². The van der Waals surface area contributed by atoms with E-state index in [1.54, 1.807) is 4.90 Å². The fraction of sp³-hybridized carbons (Fsp3) is 0.708. The summed E-state index contributed by atoms with van der Waals surface area (Å²) in [6.45, 7) is 7.83. The van der Waals surface area contributed by atoms with Crippen molar-refractivity contribution in [3.8, 4) is 5.75 Å². The van der Waals surface area contributed by atoms with Crippen molar-refractivity contribution >= 4 is 11.6 Å². The number of amides is 1. The molecule has 2 rings (SSSR count). The standard InChI is InChI=1S/C24H41N3O4/c1-17-15-27(18(2)16-28)24(29)21-13-20(26(5)6)10-11-22(21)31-19(3)9-7-8-12-30-23(17)14-25-4/h10-11,13,17-19,23,25,28H,7-9,12,14-16H2,1-6H3/t17-,18-,19+,23-/m1/s1. The third kappa shape index (κ3) is 7.09. The Kier molecular flexibility index (Phi) is 10.1. The van der Waals surface area contributed by atoms with E-state index in [0.717, 1.165) is 31.5 Å². The van der Waals surface area contributed by atoms with Crippen molar-refractivity contribution in [2.24, 2.45) is 5.92 Å². The number of aliphatic hydroxyl groups is 1. The molecular formula is C24H41N3O4. The molecule has 1 aromatic carbocycles. The number of nitrogens with zero attached hydrogens (tertiary/aromatic N) is 2. The highest BCUT2D eigenvalue weighted by Gasteiger charge is 2.29. The van der Waals surface area contributed by atoms with Crippen LogP contribution >= 0.6 is 0 Å². The summed E-state index contributed by atoms with van der Waals surface area (Å²) >= 11 is 0.